The van der Waals surface area contributed by atoms with Gasteiger partial charge in [0.2, 0.25) is 5.91 Å². The number of halogens is 1. The molecule has 0 saturated carbocycles. The highest BCUT2D eigenvalue weighted by Gasteiger charge is 2.26. The van der Waals surface area contributed by atoms with Crippen LogP contribution in [0.25, 0.3) is 0 Å². The van der Waals surface area contributed by atoms with Crippen LogP contribution in [0.5, 0.6) is 17.2 Å². The summed E-state index contributed by atoms with van der Waals surface area (Å²) < 4.78 is 23.2. The largest absolute Gasteiger partial charge is 0.542 e. The van der Waals surface area contributed by atoms with E-state index in [0.29, 0.717) is 33.5 Å². The molecule has 0 aliphatic heterocycles. The Kier molecular flexibility index (Phi) is 13.3. The number of ether oxygens (including phenoxy) is 3. The molecule has 1 amide bonds. The number of hydrogen-bond acceptors (Lipinski definition) is 8. The predicted octanol–water partition coefficient (Wildman–Crippen LogP) is 8.28. The zero-order valence-corrected chi connectivity index (χ0v) is 31.2. The molecule has 1 radical (unpaired) electrons. The van der Waals surface area contributed by atoms with Crippen LogP contribution in [0.2, 0.25) is 18.1 Å². The van der Waals surface area contributed by atoms with E-state index < -0.39 is 32.6 Å². The van der Waals surface area contributed by atoms with Crippen molar-refractivity contribution in [2.45, 2.75) is 98.0 Å². The molecular weight excluding hydrogens is 648 g/mol. The molecule has 0 aliphatic rings. The average Bonchev–Trinajstić information content (AvgIpc) is 2.98. The fraction of sp³-hybridized carbons (Fsp3) is 0.432. The van der Waals surface area contributed by atoms with Gasteiger partial charge < -0.3 is 29.3 Å². The van der Waals surface area contributed by atoms with E-state index in [9.17, 15) is 14.4 Å². The molecule has 3 aromatic rings. The molecule has 2 N–H and O–H groups in total. The molecule has 259 valence electrons. The topological polar surface area (TPSA) is 117 Å². The van der Waals surface area contributed by atoms with E-state index in [0.717, 1.165) is 11.1 Å². The van der Waals surface area contributed by atoms with Gasteiger partial charge in [-0.05, 0) is 87.7 Å². The number of amides is 1. The molecule has 1 unspecified atom stereocenters. The fourth-order valence-corrected chi connectivity index (χ4v) is 5.51. The van der Waals surface area contributed by atoms with Crippen LogP contribution in [-0.2, 0) is 35.8 Å². The van der Waals surface area contributed by atoms with Crippen LogP contribution in [-0.4, -0.2) is 39.1 Å². The van der Waals surface area contributed by atoms with E-state index in [1.54, 1.807) is 75.1 Å². The molecule has 0 spiro atoms. The lowest BCUT2D eigenvalue weighted by atomic mass is 9.86. The van der Waals surface area contributed by atoms with Crippen LogP contribution >= 0.6 is 11.6 Å². The van der Waals surface area contributed by atoms with Gasteiger partial charge in [0.1, 0.15) is 23.1 Å². The molecule has 3 aromatic carbocycles. The van der Waals surface area contributed by atoms with Gasteiger partial charge in [-0.25, -0.2) is 4.79 Å². The minimum absolute atomic E-state index is 0.0824. The summed E-state index contributed by atoms with van der Waals surface area (Å²) in [5.74, 6) is 0.0150. The molecule has 0 aliphatic carbocycles. The van der Waals surface area contributed by atoms with E-state index in [1.807, 2.05) is 18.2 Å². The summed E-state index contributed by atoms with van der Waals surface area (Å²) in [5.41, 5.74) is 8.26. The van der Waals surface area contributed by atoms with Crippen molar-refractivity contribution < 1.29 is 33.0 Å². The summed E-state index contributed by atoms with van der Waals surface area (Å²) in [5, 5.41) is 0.386. The molecule has 0 aromatic heterocycles. The molecule has 1 atom stereocenters. The van der Waals surface area contributed by atoms with Gasteiger partial charge >= 0.3 is 11.9 Å². The third-order valence-electron chi connectivity index (χ3n) is 7.04. The summed E-state index contributed by atoms with van der Waals surface area (Å²) in [6.45, 7) is 17.9. The number of hydrogen-bond donors (Lipinski definition) is 1. The number of benzene rings is 3. The second-order valence-corrected chi connectivity index (χ2v) is 16.1. The van der Waals surface area contributed by atoms with Crippen molar-refractivity contribution in [3.05, 3.63) is 82.4 Å². The van der Waals surface area contributed by atoms with Crippen LogP contribution < -0.4 is 19.8 Å². The quantitative estimate of drug-likeness (QED) is 0.140. The molecule has 9 nitrogen and oxygen atoms in total. The SMILES string of the molecule is CCOC(=O)CCC(=O)N(Cc1ccc(C(C)(C)C)cc1O[Si](C)C)c1ccc(Cl)cc1Oc1cccc(C(N)C(=O)OC(C)(C)C)c1. The van der Waals surface area contributed by atoms with Crippen molar-refractivity contribution in [2.75, 3.05) is 11.5 Å². The first kappa shape index (κ1) is 38.6. The summed E-state index contributed by atoms with van der Waals surface area (Å²) in [4.78, 5) is 40.5. The van der Waals surface area contributed by atoms with E-state index in [2.05, 4.69) is 33.9 Å². The Balaban J connectivity index is 2.07. The summed E-state index contributed by atoms with van der Waals surface area (Å²) in [7, 11) is -1.15. The van der Waals surface area contributed by atoms with Crippen LogP contribution in [0.3, 0.4) is 0 Å². The number of esters is 2. The minimum atomic E-state index is -1.15. The third kappa shape index (κ3) is 11.4. The van der Waals surface area contributed by atoms with Crippen molar-refractivity contribution in [3.8, 4) is 17.2 Å². The lowest BCUT2D eigenvalue weighted by Gasteiger charge is -2.28. The highest BCUT2D eigenvalue weighted by Crippen LogP contribution is 2.38. The molecule has 0 bridgehead atoms. The molecule has 11 heteroatoms. The maximum Gasteiger partial charge on any atom is 0.328 e. The highest BCUT2D eigenvalue weighted by atomic mass is 35.5. The number of anilines is 1. The van der Waals surface area contributed by atoms with Crippen molar-refractivity contribution in [2.24, 2.45) is 5.73 Å². The average molecular weight is 696 g/mol. The van der Waals surface area contributed by atoms with Gasteiger partial charge in [0.15, 0.2) is 5.75 Å². The molecular formula is C37H48ClN2O7Si. The first-order valence-electron chi connectivity index (χ1n) is 16.0. The Hall–Kier alpha value is -3.86. The molecule has 3 rings (SSSR count). The van der Waals surface area contributed by atoms with E-state index in [4.69, 9.17) is 36.0 Å². The first-order valence-corrected chi connectivity index (χ1v) is 18.8. The van der Waals surface area contributed by atoms with Crippen LogP contribution in [0.15, 0.2) is 60.7 Å². The van der Waals surface area contributed by atoms with E-state index >= 15 is 0 Å². The van der Waals surface area contributed by atoms with Gasteiger partial charge in [-0.1, -0.05) is 56.6 Å². The highest BCUT2D eigenvalue weighted by molar-refractivity contribution is 6.49. The molecule has 0 heterocycles. The molecule has 0 saturated heterocycles. The van der Waals surface area contributed by atoms with Gasteiger partial charge in [-0.2, -0.15) is 0 Å². The lowest BCUT2D eigenvalue weighted by molar-refractivity contribution is -0.156. The van der Waals surface area contributed by atoms with Gasteiger partial charge in [0, 0.05) is 23.1 Å². The second kappa shape index (κ2) is 16.5. The van der Waals surface area contributed by atoms with Crippen LogP contribution in [0.4, 0.5) is 5.69 Å². The second-order valence-electron chi connectivity index (χ2n) is 13.7. The predicted molar refractivity (Wildman–Crippen MR) is 191 cm³/mol. The fourth-order valence-electron chi connectivity index (χ4n) is 4.71. The number of nitrogens with two attached hydrogens (primary N) is 1. The lowest BCUT2D eigenvalue weighted by Crippen LogP contribution is -2.32. The summed E-state index contributed by atoms with van der Waals surface area (Å²) >= 11 is 6.45. The Morgan fingerprint density at radius 3 is 2.25 bits per heavy atom. The Morgan fingerprint density at radius 1 is 0.917 bits per heavy atom. The maximum absolute atomic E-state index is 14.0. The van der Waals surface area contributed by atoms with Crippen molar-refractivity contribution in [3.63, 3.8) is 0 Å². The van der Waals surface area contributed by atoms with Crippen molar-refractivity contribution >= 4 is 44.2 Å². The third-order valence-corrected chi connectivity index (χ3v) is 7.91. The normalized spacial score (nSPS) is 12.3. The smallest absolute Gasteiger partial charge is 0.328 e. The Bertz CT molecular complexity index is 1600. The maximum atomic E-state index is 14.0. The van der Waals surface area contributed by atoms with E-state index in [1.165, 1.54) is 0 Å². The van der Waals surface area contributed by atoms with Gasteiger partial charge in [-0.3, -0.25) is 9.59 Å². The van der Waals surface area contributed by atoms with Crippen molar-refractivity contribution in [1.29, 1.82) is 0 Å². The Morgan fingerprint density at radius 2 is 1.62 bits per heavy atom. The molecule has 0 fully saturated rings. The standard InChI is InChI=1S/C37H48ClN2O7Si/c1-10-44-33(42)19-18-32(41)40(23-25-14-15-26(36(2,3)4)21-30(25)47-48(8)9)29-17-16-27(38)22-31(29)45-28-13-11-12-24(20-28)34(39)35(43)46-37(5,6)7/h11-17,20-22,34H,10,18-19,23,39H2,1-9H3. The van der Waals surface area contributed by atoms with Gasteiger partial charge in [-0.15, -0.1) is 0 Å². The number of carbonyl (C=O) groups is 3. The zero-order chi connectivity index (χ0) is 35.8. The number of carbonyl (C=O) groups excluding carboxylic acids is 3. The number of rotatable bonds is 13. The zero-order valence-electron chi connectivity index (χ0n) is 29.4. The minimum Gasteiger partial charge on any atom is -0.542 e. The van der Waals surface area contributed by atoms with Crippen LogP contribution in [0, 0.1) is 0 Å². The van der Waals surface area contributed by atoms with Crippen LogP contribution in [0.1, 0.15) is 84.0 Å². The van der Waals surface area contributed by atoms with Gasteiger partial charge in [0.25, 0.3) is 9.04 Å². The summed E-state index contributed by atoms with van der Waals surface area (Å²) in [6, 6.07) is 16.8. The summed E-state index contributed by atoms with van der Waals surface area (Å²) in [6.07, 6.45) is -0.172. The first-order chi connectivity index (χ1) is 22.4. The van der Waals surface area contributed by atoms with E-state index in [-0.39, 0.29) is 37.3 Å². The number of nitrogens with zero attached hydrogens (tertiary/aromatic N) is 1. The Labute approximate surface area is 291 Å². The van der Waals surface area contributed by atoms with Crippen molar-refractivity contribution in [1.82, 2.24) is 0 Å². The van der Waals surface area contributed by atoms with Gasteiger partial charge in [0.05, 0.1) is 25.3 Å². The molecule has 48 heavy (non-hydrogen) atoms. The monoisotopic (exact) mass is 695 g/mol.